The van der Waals surface area contributed by atoms with Crippen LogP contribution in [-0.2, 0) is 0 Å². The monoisotopic (exact) mass is 835 g/mol. The predicted molar refractivity (Wildman–Crippen MR) is 259 cm³/mol. The molecule has 0 rings (SSSR count). The van der Waals surface area contributed by atoms with Gasteiger partial charge in [-0.1, -0.05) is 329 Å². The minimum atomic E-state index is 0. The van der Waals surface area contributed by atoms with Crippen molar-refractivity contribution in [1.82, 2.24) is 0 Å². The zero-order chi connectivity index (χ0) is 42.6. The average Bonchev–Trinajstić information content (AvgIpc) is 3.23. The molecule has 0 spiro atoms. The van der Waals surface area contributed by atoms with Crippen LogP contribution in [0.4, 0.5) is 0 Å². The fraction of sp³-hybridized carbons (Fsp3) is 1.00. The molecule has 3 nitrogen and oxygen atoms in total. The molecular weight excluding hydrogens is 724 g/mol. The van der Waals surface area contributed by atoms with Gasteiger partial charge in [0.05, 0.1) is 0 Å². The Bertz CT molecular complexity index is 512. The Labute approximate surface area is 379 Å². The maximum atomic E-state index is 11.2. The van der Waals surface area contributed by atoms with Crippen molar-refractivity contribution in [2.24, 2.45) is 17.8 Å². The maximum Gasteiger partial charge on any atom is 3.00 e. The summed E-state index contributed by atoms with van der Waals surface area (Å²) in [5.74, 6) is 1.41. The first-order valence-corrected chi connectivity index (χ1v) is 26.8. The molecule has 0 radical (unpaired) electrons. The van der Waals surface area contributed by atoms with Crippen molar-refractivity contribution in [2.45, 2.75) is 311 Å². The molecule has 0 saturated carbocycles. The van der Waals surface area contributed by atoms with Gasteiger partial charge < -0.3 is 15.3 Å². The van der Waals surface area contributed by atoms with Crippen LogP contribution in [0.3, 0.4) is 0 Å². The van der Waals surface area contributed by atoms with Gasteiger partial charge in [0.1, 0.15) is 0 Å². The van der Waals surface area contributed by atoms with Gasteiger partial charge in [-0.15, -0.1) is 19.8 Å². The molecule has 0 amide bonds. The Morgan fingerprint density at radius 1 is 0.207 bits per heavy atom. The molecule has 0 aliphatic heterocycles. The Balaban J connectivity index is -0.000000374. The molecule has 0 aliphatic rings. The SMILES string of the molecule is CCCCCCCCC(C[O-])CCCCCCCC.CCCCCCCCC(C[O-])CCCCCCCC.CCCCCCCCC(C[O-])CCCCCCCC.[Al+3]. The summed E-state index contributed by atoms with van der Waals surface area (Å²) in [5.41, 5.74) is 0. The minimum Gasteiger partial charge on any atom is -0.854 e. The second-order valence-electron chi connectivity index (χ2n) is 18.4. The molecule has 0 N–H and O–H groups in total. The summed E-state index contributed by atoms with van der Waals surface area (Å²) < 4.78 is 0. The molecular formula is C54H111AlO3. The summed E-state index contributed by atoms with van der Waals surface area (Å²) in [6, 6.07) is 0. The summed E-state index contributed by atoms with van der Waals surface area (Å²) in [4.78, 5) is 0. The molecule has 0 unspecified atom stereocenters. The van der Waals surface area contributed by atoms with Gasteiger partial charge in [0.2, 0.25) is 0 Å². The third-order valence-corrected chi connectivity index (χ3v) is 12.5. The second-order valence-corrected chi connectivity index (χ2v) is 18.4. The molecule has 0 saturated heterocycles. The topological polar surface area (TPSA) is 69.2 Å². The normalized spacial score (nSPS) is 11.2. The molecule has 0 aromatic heterocycles. The van der Waals surface area contributed by atoms with E-state index in [-0.39, 0.29) is 37.2 Å². The van der Waals surface area contributed by atoms with Crippen LogP contribution < -0.4 is 15.3 Å². The summed E-state index contributed by atoms with van der Waals surface area (Å²) in [7, 11) is 0. The van der Waals surface area contributed by atoms with Gasteiger partial charge in [-0.05, 0) is 0 Å². The number of unbranched alkanes of at least 4 members (excludes halogenated alkanes) is 30. The van der Waals surface area contributed by atoms with Crippen LogP contribution in [0.2, 0.25) is 0 Å². The first kappa shape index (κ1) is 65.0. The van der Waals surface area contributed by atoms with Crippen LogP contribution >= 0.6 is 0 Å². The molecule has 0 atom stereocenters. The first-order valence-electron chi connectivity index (χ1n) is 26.8. The quantitative estimate of drug-likeness (QED) is 0.0453. The van der Waals surface area contributed by atoms with Gasteiger partial charge in [0.25, 0.3) is 0 Å². The molecule has 0 bridgehead atoms. The van der Waals surface area contributed by atoms with Gasteiger partial charge in [-0.25, -0.2) is 0 Å². The minimum absolute atomic E-state index is 0. The summed E-state index contributed by atoms with van der Waals surface area (Å²) in [5, 5.41) is 33.5. The Hall–Kier alpha value is 0.412. The summed E-state index contributed by atoms with van der Waals surface area (Å²) in [6.07, 6.45) is 55.6. The van der Waals surface area contributed by atoms with Crippen LogP contribution in [-0.4, -0.2) is 37.2 Å². The zero-order valence-corrected chi connectivity index (χ0v) is 42.5. The Morgan fingerprint density at radius 2 is 0.328 bits per heavy atom. The average molecular weight is 835 g/mol. The van der Waals surface area contributed by atoms with Crippen molar-refractivity contribution in [3.63, 3.8) is 0 Å². The van der Waals surface area contributed by atoms with Crippen LogP contribution in [0.1, 0.15) is 311 Å². The van der Waals surface area contributed by atoms with Crippen LogP contribution in [0, 0.1) is 17.8 Å². The van der Waals surface area contributed by atoms with Crippen molar-refractivity contribution in [3.05, 3.63) is 0 Å². The number of hydrogen-bond acceptors (Lipinski definition) is 3. The largest absolute Gasteiger partial charge is 3.00 e. The fourth-order valence-corrected chi connectivity index (χ4v) is 8.21. The van der Waals surface area contributed by atoms with Gasteiger partial charge in [0, 0.05) is 0 Å². The van der Waals surface area contributed by atoms with Gasteiger partial charge in [-0.2, -0.15) is 0 Å². The first-order chi connectivity index (χ1) is 28.0. The molecule has 0 aromatic carbocycles. The van der Waals surface area contributed by atoms with E-state index in [2.05, 4.69) is 41.5 Å². The van der Waals surface area contributed by atoms with E-state index in [0.29, 0.717) is 17.8 Å². The standard InChI is InChI=1S/3C18H37O.Al/c3*1-3-5-7-9-11-13-15-18(17-19)16-14-12-10-8-6-4-2;/h3*18H,3-17H2,1-2H3;/q3*-1;+3. The van der Waals surface area contributed by atoms with E-state index in [1.807, 2.05) is 0 Å². The van der Waals surface area contributed by atoms with Crippen molar-refractivity contribution < 1.29 is 15.3 Å². The zero-order valence-electron chi connectivity index (χ0n) is 41.4. The van der Waals surface area contributed by atoms with Crippen molar-refractivity contribution >= 4 is 17.4 Å². The third-order valence-electron chi connectivity index (χ3n) is 12.5. The third kappa shape index (κ3) is 58.5. The Kier molecular flexibility index (Phi) is 69.2. The van der Waals surface area contributed by atoms with E-state index in [0.717, 1.165) is 0 Å². The number of rotatable bonds is 45. The smallest absolute Gasteiger partial charge is 0.854 e. The van der Waals surface area contributed by atoms with E-state index in [9.17, 15) is 15.3 Å². The van der Waals surface area contributed by atoms with E-state index in [4.69, 9.17) is 0 Å². The van der Waals surface area contributed by atoms with Gasteiger partial charge >= 0.3 is 17.4 Å². The van der Waals surface area contributed by atoms with Crippen LogP contribution in [0.25, 0.3) is 0 Å². The van der Waals surface area contributed by atoms with E-state index in [1.165, 1.54) is 270 Å². The summed E-state index contributed by atoms with van der Waals surface area (Å²) >= 11 is 0. The Morgan fingerprint density at radius 3 is 0.448 bits per heavy atom. The second kappa shape index (κ2) is 61.7. The molecule has 0 aliphatic carbocycles. The van der Waals surface area contributed by atoms with E-state index >= 15 is 0 Å². The molecule has 0 fully saturated rings. The maximum absolute atomic E-state index is 11.2. The van der Waals surface area contributed by atoms with Crippen LogP contribution in [0.15, 0.2) is 0 Å². The molecule has 0 aromatic rings. The van der Waals surface area contributed by atoms with Gasteiger partial charge in [-0.3, -0.25) is 0 Å². The number of hydrogen-bond donors (Lipinski definition) is 0. The van der Waals surface area contributed by atoms with Crippen molar-refractivity contribution in [1.29, 1.82) is 0 Å². The molecule has 58 heavy (non-hydrogen) atoms. The van der Waals surface area contributed by atoms with Crippen molar-refractivity contribution in [3.8, 4) is 0 Å². The van der Waals surface area contributed by atoms with Crippen molar-refractivity contribution in [2.75, 3.05) is 19.8 Å². The molecule has 0 heterocycles. The predicted octanol–water partition coefficient (Wildman–Crippen LogP) is 16.0. The van der Waals surface area contributed by atoms with Gasteiger partial charge in [0.15, 0.2) is 0 Å². The molecule has 348 valence electrons. The van der Waals surface area contributed by atoms with Crippen LogP contribution in [0.5, 0.6) is 0 Å². The van der Waals surface area contributed by atoms with E-state index in [1.54, 1.807) is 0 Å². The molecule has 4 heteroatoms. The van der Waals surface area contributed by atoms with E-state index < -0.39 is 0 Å². The fourth-order valence-electron chi connectivity index (χ4n) is 8.21. The summed E-state index contributed by atoms with van der Waals surface area (Å²) in [6.45, 7) is 14.0.